The number of hydrogen-bond donors (Lipinski definition) is 3. The summed E-state index contributed by atoms with van der Waals surface area (Å²) in [4.78, 5) is 24.4. The van der Waals surface area contributed by atoms with E-state index in [0.29, 0.717) is 22.5 Å². The highest BCUT2D eigenvalue weighted by Gasteiger charge is 2.18. The molecule has 0 radical (unpaired) electrons. The minimum Gasteiger partial charge on any atom is -0.398 e. The Bertz CT molecular complexity index is 741. The highest BCUT2D eigenvalue weighted by Crippen LogP contribution is 2.19. The van der Waals surface area contributed by atoms with Gasteiger partial charge in [0.1, 0.15) is 0 Å². The third-order valence-corrected chi connectivity index (χ3v) is 4.30. The zero-order valence-electron chi connectivity index (χ0n) is 13.8. The van der Waals surface area contributed by atoms with E-state index in [9.17, 15) is 9.59 Å². The maximum atomic E-state index is 12.2. The number of carbonyl (C=O) groups is 2. The molecule has 1 fully saturated rings. The van der Waals surface area contributed by atoms with Gasteiger partial charge in [-0.1, -0.05) is 25.0 Å². The predicted octanol–water partition coefficient (Wildman–Crippen LogP) is 3.62. The van der Waals surface area contributed by atoms with Crippen LogP contribution < -0.4 is 16.4 Å². The second kappa shape index (κ2) is 8.53. The highest BCUT2D eigenvalue weighted by atomic mass is 35.5. The average molecular weight is 360 g/mol. The molecule has 3 rings (SSSR count). The number of carbonyl (C=O) groups excluding carboxylic acids is 2. The first kappa shape index (κ1) is 18.8. The normalized spacial score (nSPS) is 13.8. The smallest absolute Gasteiger partial charge is 0.257 e. The van der Waals surface area contributed by atoms with Crippen LogP contribution in [0.4, 0.5) is 11.4 Å². The van der Waals surface area contributed by atoms with Gasteiger partial charge in [-0.15, -0.1) is 12.4 Å². The van der Waals surface area contributed by atoms with Crippen molar-refractivity contribution in [3.63, 3.8) is 0 Å². The van der Waals surface area contributed by atoms with Gasteiger partial charge in [-0.25, -0.2) is 0 Å². The summed E-state index contributed by atoms with van der Waals surface area (Å²) in [5.74, 6) is -0.330. The molecule has 0 heterocycles. The fraction of sp³-hybridized carbons (Fsp3) is 0.263. The fourth-order valence-corrected chi connectivity index (χ4v) is 2.95. The zero-order chi connectivity index (χ0) is 16.9. The van der Waals surface area contributed by atoms with Crippen LogP contribution in [0.2, 0.25) is 0 Å². The molecule has 0 spiro atoms. The van der Waals surface area contributed by atoms with Gasteiger partial charge in [-0.2, -0.15) is 0 Å². The first-order valence-corrected chi connectivity index (χ1v) is 8.20. The minimum absolute atomic E-state index is 0. The van der Waals surface area contributed by atoms with Crippen LogP contribution in [-0.4, -0.2) is 17.9 Å². The van der Waals surface area contributed by atoms with Crippen molar-refractivity contribution in [1.82, 2.24) is 5.32 Å². The van der Waals surface area contributed by atoms with Crippen LogP contribution >= 0.6 is 12.4 Å². The van der Waals surface area contributed by atoms with Crippen molar-refractivity contribution < 1.29 is 9.59 Å². The Kier molecular flexibility index (Phi) is 6.42. The molecule has 2 aromatic rings. The number of rotatable bonds is 4. The summed E-state index contributed by atoms with van der Waals surface area (Å²) in [6.07, 6.45) is 4.47. The van der Waals surface area contributed by atoms with E-state index in [2.05, 4.69) is 10.6 Å². The molecule has 1 aliphatic rings. The lowest BCUT2D eigenvalue weighted by molar-refractivity contribution is 0.0937. The Morgan fingerprint density at radius 2 is 1.56 bits per heavy atom. The van der Waals surface area contributed by atoms with E-state index in [1.165, 1.54) is 12.8 Å². The summed E-state index contributed by atoms with van der Waals surface area (Å²) in [6.45, 7) is 0. The molecule has 6 heteroatoms. The highest BCUT2D eigenvalue weighted by molar-refractivity contribution is 6.07. The molecule has 0 unspecified atom stereocenters. The number of nitrogens with one attached hydrogen (secondary N) is 2. The van der Waals surface area contributed by atoms with Crippen molar-refractivity contribution in [2.45, 2.75) is 31.7 Å². The second-order valence-corrected chi connectivity index (χ2v) is 6.07. The largest absolute Gasteiger partial charge is 0.398 e. The topological polar surface area (TPSA) is 84.2 Å². The third kappa shape index (κ3) is 4.73. The molecule has 0 aromatic heterocycles. The number of nitrogen functional groups attached to an aromatic ring is 1. The summed E-state index contributed by atoms with van der Waals surface area (Å²) < 4.78 is 0. The molecule has 1 aliphatic carbocycles. The van der Waals surface area contributed by atoms with E-state index < -0.39 is 0 Å². The lowest BCUT2D eigenvalue weighted by Crippen LogP contribution is -2.32. The maximum Gasteiger partial charge on any atom is 0.257 e. The fourth-order valence-electron chi connectivity index (χ4n) is 2.95. The van der Waals surface area contributed by atoms with E-state index in [1.54, 1.807) is 48.5 Å². The van der Waals surface area contributed by atoms with E-state index in [-0.39, 0.29) is 30.3 Å². The molecule has 5 nitrogen and oxygen atoms in total. The Hall–Kier alpha value is -2.53. The van der Waals surface area contributed by atoms with Crippen LogP contribution in [0.25, 0.3) is 0 Å². The van der Waals surface area contributed by atoms with Gasteiger partial charge in [0.15, 0.2) is 0 Å². The van der Waals surface area contributed by atoms with E-state index in [4.69, 9.17) is 5.73 Å². The van der Waals surface area contributed by atoms with Crippen molar-refractivity contribution >= 4 is 35.6 Å². The number of anilines is 2. The van der Waals surface area contributed by atoms with Crippen molar-refractivity contribution in [3.05, 3.63) is 59.7 Å². The van der Waals surface area contributed by atoms with Crippen LogP contribution in [0.3, 0.4) is 0 Å². The summed E-state index contributed by atoms with van der Waals surface area (Å²) in [5, 5.41) is 5.83. The van der Waals surface area contributed by atoms with Crippen LogP contribution in [0.1, 0.15) is 46.4 Å². The Morgan fingerprint density at radius 3 is 2.20 bits per heavy atom. The maximum absolute atomic E-state index is 12.2. The number of nitrogens with two attached hydrogens (primary N) is 1. The Balaban J connectivity index is 0.00000225. The van der Waals surface area contributed by atoms with Gasteiger partial charge in [-0.05, 0) is 49.2 Å². The monoisotopic (exact) mass is 359 g/mol. The molecule has 4 N–H and O–H groups in total. The van der Waals surface area contributed by atoms with Gasteiger partial charge < -0.3 is 16.4 Å². The molecular weight excluding hydrogens is 338 g/mol. The lowest BCUT2D eigenvalue weighted by atomic mass is 10.1. The van der Waals surface area contributed by atoms with Crippen LogP contribution in [0.5, 0.6) is 0 Å². The number of halogens is 1. The molecule has 0 atom stereocenters. The van der Waals surface area contributed by atoms with Gasteiger partial charge in [0.2, 0.25) is 0 Å². The molecule has 2 amide bonds. The first-order chi connectivity index (χ1) is 11.6. The molecule has 0 saturated heterocycles. The Labute approximate surface area is 153 Å². The van der Waals surface area contributed by atoms with Crippen LogP contribution in [0, 0.1) is 0 Å². The number of hydrogen-bond acceptors (Lipinski definition) is 3. The first-order valence-electron chi connectivity index (χ1n) is 8.20. The minimum atomic E-state index is -0.267. The molecule has 25 heavy (non-hydrogen) atoms. The lowest BCUT2D eigenvalue weighted by Gasteiger charge is -2.12. The van der Waals surface area contributed by atoms with Gasteiger partial charge >= 0.3 is 0 Å². The SMILES string of the molecule is Cl.Nc1ccccc1C(=O)Nc1ccc(C(=O)NC2CCCC2)cc1. The summed E-state index contributed by atoms with van der Waals surface area (Å²) in [5.41, 5.74) is 7.89. The molecule has 132 valence electrons. The molecule has 0 bridgehead atoms. The van der Waals surface area contributed by atoms with Gasteiger partial charge in [0.25, 0.3) is 11.8 Å². The van der Waals surface area contributed by atoms with Crippen molar-refractivity contribution in [2.75, 3.05) is 11.1 Å². The Morgan fingerprint density at radius 1 is 0.920 bits per heavy atom. The number of para-hydroxylation sites is 1. The summed E-state index contributed by atoms with van der Waals surface area (Å²) in [6, 6.07) is 14.1. The van der Waals surface area contributed by atoms with E-state index in [1.807, 2.05) is 0 Å². The molecular formula is C19H22ClN3O2. The third-order valence-electron chi connectivity index (χ3n) is 4.30. The van der Waals surface area contributed by atoms with E-state index in [0.717, 1.165) is 12.8 Å². The zero-order valence-corrected chi connectivity index (χ0v) is 14.6. The second-order valence-electron chi connectivity index (χ2n) is 6.07. The van der Waals surface area contributed by atoms with Crippen molar-refractivity contribution in [1.29, 1.82) is 0 Å². The van der Waals surface area contributed by atoms with Crippen LogP contribution in [-0.2, 0) is 0 Å². The average Bonchev–Trinajstić information content (AvgIpc) is 3.08. The van der Waals surface area contributed by atoms with Crippen molar-refractivity contribution in [3.8, 4) is 0 Å². The van der Waals surface area contributed by atoms with Crippen LogP contribution in [0.15, 0.2) is 48.5 Å². The quantitative estimate of drug-likeness (QED) is 0.729. The number of amides is 2. The van der Waals surface area contributed by atoms with Gasteiger partial charge in [0, 0.05) is 23.0 Å². The molecule has 0 aliphatic heterocycles. The van der Waals surface area contributed by atoms with Gasteiger partial charge in [0.05, 0.1) is 5.56 Å². The van der Waals surface area contributed by atoms with E-state index >= 15 is 0 Å². The number of benzene rings is 2. The molecule has 1 saturated carbocycles. The summed E-state index contributed by atoms with van der Waals surface area (Å²) >= 11 is 0. The summed E-state index contributed by atoms with van der Waals surface area (Å²) in [7, 11) is 0. The van der Waals surface area contributed by atoms with Crippen molar-refractivity contribution in [2.24, 2.45) is 0 Å². The molecule has 2 aromatic carbocycles. The standard InChI is InChI=1S/C19H21N3O2.ClH/c20-17-8-4-3-7-16(17)19(24)22-15-11-9-13(10-12-15)18(23)21-14-5-1-2-6-14;/h3-4,7-12,14H,1-2,5-6,20H2,(H,21,23)(H,22,24);1H. The van der Waals surface area contributed by atoms with Gasteiger partial charge in [-0.3, -0.25) is 9.59 Å². The predicted molar refractivity (Wildman–Crippen MR) is 102 cm³/mol.